The molecule has 0 radical (unpaired) electrons. The number of amides is 1. The molecule has 3 rings (SSSR count). The van der Waals surface area contributed by atoms with Gasteiger partial charge >= 0.3 is 5.97 Å². The summed E-state index contributed by atoms with van der Waals surface area (Å²) in [5.41, 5.74) is 3.06. The third kappa shape index (κ3) is 4.71. The molecule has 140 valence electrons. The van der Waals surface area contributed by atoms with Crippen LogP contribution in [0.4, 0.5) is 0 Å². The van der Waals surface area contributed by atoms with Crippen LogP contribution in [0.1, 0.15) is 24.5 Å². The second-order valence-electron chi connectivity index (χ2n) is 6.19. The predicted molar refractivity (Wildman–Crippen MR) is 107 cm³/mol. The van der Waals surface area contributed by atoms with Gasteiger partial charge in [0.05, 0.1) is 16.8 Å². The van der Waals surface area contributed by atoms with Crippen LogP contribution in [0.2, 0.25) is 0 Å². The predicted octanol–water partition coefficient (Wildman–Crippen LogP) is 3.63. The van der Waals surface area contributed by atoms with E-state index >= 15 is 0 Å². The van der Waals surface area contributed by atoms with Crippen molar-refractivity contribution in [1.82, 2.24) is 4.57 Å². The Hall–Kier alpha value is -2.73. The van der Waals surface area contributed by atoms with Gasteiger partial charge in [0.2, 0.25) is 5.91 Å². The summed E-state index contributed by atoms with van der Waals surface area (Å²) < 4.78 is 7.87. The summed E-state index contributed by atoms with van der Waals surface area (Å²) in [7, 11) is 0. The van der Waals surface area contributed by atoms with E-state index in [-0.39, 0.29) is 18.4 Å². The smallest absolute Gasteiger partial charge is 0.326 e. The molecule has 1 heterocycles. The number of esters is 1. The zero-order chi connectivity index (χ0) is 19.2. The molecule has 0 saturated carbocycles. The minimum Gasteiger partial charge on any atom is -0.465 e. The molecular weight excluding hydrogens is 360 g/mol. The standard InChI is InChI=1S/C21H22N2O3S/c1-3-26-19(25)14-23-20-15(2)8-7-11-17(20)27-21(23)22-18(24)13-12-16-9-5-4-6-10-16/h4-11H,3,12-14H2,1-2H3. The summed E-state index contributed by atoms with van der Waals surface area (Å²) >= 11 is 1.42. The summed E-state index contributed by atoms with van der Waals surface area (Å²) in [4.78, 5) is 29.3. The highest BCUT2D eigenvalue weighted by atomic mass is 32.1. The zero-order valence-corrected chi connectivity index (χ0v) is 16.3. The lowest BCUT2D eigenvalue weighted by molar-refractivity contribution is -0.143. The highest BCUT2D eigenvalue weighted by Crippen LogP contribution is 2.21. The molecule has 1 aromatic heterocycles. The van der Waals surface area contributed by atoms with Crippen LogP contribution >= 0.6 is 11.3 Å². The first kappa shape index (κ1) is 19.0. The van der Waals surface area contributed by atoms with Gasteiger partial charge in [-0.15, -0.1) is 0 Å². The molecule has 0 aliphatic rings. The Morgan fingerprint density at radius 3 is 2.63 bits per heavy atom. The molecule has 0 saturated heterocycles. The summed E-state index contributed by atoms with van der Waals surface area (Å²) in [6.45, 7) is 4.13. The van der Waals surface area contributed by atoms with Crippen LogP contribution in [0.25, 0.3) is 10.2 Å². The second kappa shape index (κ2) is 8.77. The number of aromatic nitrogens is 1. The molecule has 27 heavy (non-hydrogen) atoms. The van der Waals surface area contributed by atoms with E-state index in [0.717, 1.165) is 21.3 Å². The Balaban J connectivity index is 1.92. The summed E-state index contributed by atoms with van der Waals surface area (Å²) in [6.07, 6.45) is 0.974. The molecular formula is C21H22N2O3S. The number of ether oxygens (including phenoxy) is 1. The maximum Gasteiger partial charge on any atom is 0.326 e. The van der Waals surface area contributed by atoms with Crippen molar-refractivity contribution in [3.05, 3.63) is 64.5 Å². The lowest BCUT2D eigenvalue weighted by atomic mass is 10.1. The molecule has 0 atom stereocenters. The van der Waals surface area contributed by atoms with Crippen LogP contribution in [0, 0.1) is 6.92 Å². The number of fused-ring (bicyclic) bond motifs is 1. The topological polar surface area (TPSA) is 60.7 Å². The van der Waals surface area contributed by atoms with Crippen molar-refractivity contribution in [2.75, 3.05) is 6.61 Å². The van der Waals surface area contributed by atoms with Crippen molar-refractivity contribution in [3.63, 3.8) is 0 Å². The average molecular weight is 382 g/mol. The van der Waals surface area contributed by atoms with Crippen molar-refractivity contribution in [2.24, 2.45) is 4.99 Å². The molecule has 0 N–H and O–H groups in total. The Labute approximate surface area is 161 Å². The molecule has 0 unspecified atom stereocenters. The Kier molecular flexibility index (Phi) is 6.19. The van der Waals surface area contributed by atoms with Crippen LogP contribution in [-0.4, -0.2) is 23.1 Å². The lowest BCUT2D eigenvalue weighted by Gasteiger charge is -2.06. The van der Waals surface area contributed by atoms with Gasteiger partial charge in [0.15, 0.2) is 4.80 Å². The van der Waals surface area contributed by atoms with Gasteiger partial charge in [-0.3, -0.25) is 9.59 Å². The highest BCUT2D eigenvalue weighted by molar-refractivity contribution is 7.16. The van der Waals surface area contributed by atoms with E-state index < -0.39 is 0 Å². The van der Waals surface area contributed by atoms with Crippen molar-refractivity contribution in [2.45, 2.75) is 33.2 Å². The monoisotopic (exact) mass is 382 g/mol. The number of para-hydroxylation sites is 1. The normalized spacial score (nSPS) is 11.7. The van der Waals surface area contributed by atoms with Gasteiger partial charge in [0.1, 0.15) is 6.54 Å². The summed E-state index contributed by atoms with van der Waals surface area (Å²) in [5, 5.41) is 0. The molecule has 0 aliphatic carbocycles. The van der Waals surface area contributed by atoms with E-state index in [1.165, 1.54) is 11.3 Å². The highest BCUT2D eigenvalue weighted by Gasteiger charge is 2.13. The molecule has 0 spiro atoms. The van der Waals surface area contributed by atoms with Crippen LogP contribution in [0.3, 0.4) is 0 Å². The average Bonchev–Trinajstić information content (AvgIpc) is 2.99. The van der Waals surface area contributed by atoms with Crippen molar-refractivity contribution in [3.8, 4) is 0 Å². The molecule has 5 nitrogen and oxygen atoms in total. The first-order valence-corrected chi connectivity index (χ1v) is 9.76. The zero-order valence-electron chi connectivity index (χ0n) is 15.5. The fraction of sp³-hybridized carbons (Fsp3) is 0.286. The van der Waals surface area contributed by atoms with E-state index in [0.29, 0.717) is 24.2 Å². The molecule has 3 aromatic rings. The van der Waals surface area contributed by atoms with Gasteiger partial charge in [-0.05, 0) is 37.5 Å². The number of nitrogens with zero attached hydrogens (tertiary/aromatic N) is 2. The Morgan fingerprint density at radius 1 is 1.11 bits per heavy atom. The number of carbonyl (C=O) groups is 2. The summed E-state index contributed by atoms with van der Waals surface area (Å²) in [5.74, 6) is -0.528. The number of carbonyl (C=O) groups excluding carboxylic acids is 2. The number of aryl methyl sites for hydroxylation is 2. The minimum absolute atomic E-state index is 0.0451. The van der Waals surface area contributed by atoms with Crippen molar-refractivity contribution >= 4 is 33.4 Å². The molecule has 2 aromatic carbocycles. The Bertz CT molecular complexity index is 1020. The fourth-order valence-corrected chi connectivity index (χ4v) is 4.06. The minimum atomic E-state index is -0.335. The maximum atomic E-state index is 12.4. The fourth-order valence-electron chi connectivity index (χ4n) is 2.93. The van der Waals surface area contributed by atoms with Gasteiger partial charge in [-0.25, -0.2) is 0 Å². The van der Waals surface area contributed by atoms with Gasteiger partial charge in [0.25, 0.3) is 0 Å². The maximum absolute atomic E-state index is 12.4. The molecule has 0 bridgehead atoms. The van der Waals surface area contributed by atoms with E-state index in [1.54, 1.807) is 11.5 Å². The van der Waals surface area contributed by atoms with Gasteiger partial charge in [-0.2, -0.15) is 4.99 Å². The van der Waals surface area contributed by atoms with Crippen LogP contribution in [0.5, 0.6) is 0 Å². The van der Waals surface area contributed by atoms with Gasteiger partial charge in [-0.1, -0.05) is 53.8 Å². The van der Waals surface area contributed by atoms with E-state index in [4.69, 9.17) is 4.74 Å². The van der Waals surface area contributed by atoms with Crippen LogP contribution in [-0.2, 0) is 27.3 Å². The van der Waals surface area contributed by atoms with Crippen LogP contribution in [0.15, 0.2) is 53.5 Å². The number of rotatable bonds is 6. The van der Waals surface area contributed by atoms with Crippen molar-refractivity contribution in [1.29, 1.82) is 0 Å². The Morgan fingerprint density at radius 2 is 1.89 bits per heavy atom. The lowest BCUT2D eigenvalue weighted by Crippen LogP contribution is -2.23. The number of hydrogen-bond acceptors (Lipinski definition) is 4. The van der Waals surface area contributed by atoms with E-state index in [1.807, 2.05) is 55.5 Å². The quantitative estimate of drug-likeness (QED) is 0.612. The van der Waals surface area contributed by atoms with E-state index in [2.05, 4.69) is 4.99 Å². The number of thiazole rings is 1. The number of benzene rings is 2. The molecule has 6 heteroatoms. The molecule has 0 fully saturated rings. The second-order valence-corrected chi connectivity index (χ2v) is 7.20. The largest absolute Gasteiger partial charge is 0.465 e. The molecule has 1 amide bonds. The summed E-state index contributed by atoms with van der Waals surface area (Å²) in [6, 6.07) is 15.8. The van der Waals surface area contributed by atoms with Crippen molar-refractivity contribution < 1.29 is 14.3 Å². The third-order valence-corrected chi connectivity index (χ3v) is 5.23. The first-order chi connectivity index (χ1) is 13.1. The first-order valence-electron chi connectivity index (χ1n) is 8.94. The van der Waals surface area contributed by atoms with E-state index in [9.17, 15) is 9.59 Å². The SMILES string of the molecule is CCOC(=O)Cn1c(=NC(=O)CCc2ccccc2)sc2cccc(C)c21. The van der Waals surface area contributed by atoms with Gasteiger partial charge in [0, 0.05) is 6.42 Å². The third-order valence-electron chi connectivity index (χ3n) is 4.19. The van der Waals surface area contributed by atoms with Gasteiger partial charge < -0.3 is 9.30 Å². The van der Waals surface area contributed by atoms with Crippen LogP contribution < -0.4 is 4.80 Å². The number of hydrogen-bond donors (Lipinski definition) is 0. The molecule has 0 aliphatic heterocycles.